The average Bonchev–Trinajstić information content (AvgIpc) is 2.46. The predicted octanol–water partition coefficient (Wildman–Crippen LogP) is -1.82. The Balaban J connectivity index is -0.00000288. The molecule has 0 aromatic heterocycles. The first-order chi connectivity index (χ1) is 11.5. The van der Waals surface area contributed by atoms with E-state index in [0.717, 1.165) is 6.42 Å². The topological polar surface area (TPSA) is 88.6 Å². The molecule has 0 spiro atoms. The van der Waals surface area contributed by atoms with Crippen molar-refractivity contribution in [2.45, 2.75) is 79.2 Å². The molecular weight excluding hydrogens is 491 g/mol. The summed E-state index contributed by atoms with van der Waals surface area (Å²) < 4.78 is 5.88. The van der Waals surface area contributed by atoms with Crippen LogP contribution in [0.15, 0.2) is 0 Å². The van der Waals surface area contributed by atoms with Crippen LogP contribution >= 0.6 is 0 Å². The van der Waals surface area contributed by atoms with E-state index in [1.54, 1.807) is 0 Å². The van der Waals surface area contributed by atoms with Crippen molar-refractivity contribution in [2.75, 3.05) is 19.7 Å². The van der Waals surface area contributed by atoms with Crippen LogP contribution in [0.1, 0.15) is 73.6 Å². The van der Waals surface area contributed by atoms with Crippen molar-refractivity contribution in [3.63, 3.8) is 0 Å². The predicted molar refractivity (Wildman–Crippen MR) is 99.7 cm³/mol. The Labute approximate surface area is 263 Å². The fraction of sp³-hybridized carbons (Fsp3) is 0.842. The molecule has 2 amide bonds. The van der Waals surface area contributed by atoms with Gasteiger partial charge in [-0.15, -0.1) is 13.1 Å². The van der Waals surface area contributed by atoms with Crippen LogP contribution in [0.2, 0.25) is 0 Å². The van der Waals surface area contributed by atoms with E-state index in [0.29, 0.717) is 38.8 Å². The average molecular weight is 525 g/mol. The van der Waals surface area contributed by atoms with Crippen LogP contribution in [0, 0.1) is 5.41 Å². The molecule has 0 radical (unpaired) electrons. The molecule has 0 rings (SSSR count). The Kier molecular flexibility index (Phi) is 22.3. The van der Waals surface area contributed by atoms with Gasteiger partial charge in [-0.3, -0.25) is 0 Å². The Morgan fingerprint density at radius 2 is 1.48 bits per heavy atom. The molecule has 146 valence electrons. The molecule has 0 atom stereocenters. The number of rotatable bonds is 13. The van der Waals surface area contributed by atoms with Gasteiger partial charge in [0.15, 0.2) is 0 Å². The first-order valence-corrected chi connectivity index (χ1v) is 9.06. The number of hydrogen-bond donors (Lipinski definition) is 0. The fourth-order valence-corrected chi connectivity index (χ4v) is 2.03. The number of amides is 2. The molecule has 0 N–H and O–H groups in total. The SMILES string of the molecule is CCCC(=O)[N-]CCC(C)(C)OCCC(C)(C)C(=O)[N-]CCC(C)=O.[Rb+].[Rb+]. The summed E-state index contributed by atoms with van der Waals surface area (Å²) in [7, 11) is 0. The zero-order valence-corrected chi connectivity index (χ0v) is 28.5. The van der Waals surface area contributed by atoms with Gasteiger partial charge >= 0.3 is 116 Å². The van der Waals surface area contributed by atoms with Gasteiger partial charge in [-0.1, -0.05) is 27.2 Å². The van der Waals surface area contributed by atoms with E-state index in [1.807, 2.05) is 34.6 Å². The van der Waals surface area contributed by atoms with Crippen molar-refractivity contribution in [1.29, 1.82) is 0 Å². The molecule has 0 saturated heterocycles. The molecule has 0 aromatic carbocycles. The van der Waals surface area contributed by atoms with Crippen LogP contribution in [0.4, 0.5) is 0 Å². The van der Waals surface area contributed by atoms with Gasteiger partial charge in [0.2, 0.25) is 0 Å². The summed E-state index contributed by atoms with van der Waals surface area (Å²) in [5, 5.41) is 7.99. The number of ketones is 1. The van der Waals surface area contributed by atoms with Crippen LogP contribution in [-0.4, -0.2) is 42.9 Å². The quantitative estimate of drug-likeness (QED) is 0.283. The van der Waals surface area contributed by atoms with E-state index in [1.165, 1.54) is 6.92 Å². The van der Waals surface area contributed by atoms with Crippen LogP contribution in [0.3, 0.4) is 0 Å². The van der Waals surface area contributed by atoms with Gasteiger partial charge in [-0.05, 0) is 46.5 Å². The maximum absolute atomic E-state index is 12.1. The molecule has 0 fully saturated rings. The molecule has 0 aliphatic carbocycles. The molecule has 8 heteroatoms. The van der Waals surface area contributed by atoms with Gasteiger partial charge < -0.3 is 29.8 Å². The summed E-state index contributed by atoms with van der Waals surface area (Å²) in [4.78, 5) is 34.4. The summed E-state index contributed by atoms with van der Waals surface area (Å²) in [5.74, 6) is -0.227. The summed E-state index contributed by atoms with van der Waals surface area (Å²) in [5.41, 5.74) is -1.02. The zero-order valence-electron chi connectivity index (χ0n) is 18.7. The molecule has 0 heterocycles. The number of nitrogens with zero attached hydrogens (tertiary/aromatic N) is 2. The largest absolute Gasteiger partial charge is 1.00 e. The van der Waals surface area contributed by atoms with E-state index in [9.17, 15) is 14.4 Å². The first kappa shape index (κ1) is 33.8. The number of carbonyl (C=O) groups is 3. The molecule has 0 saturated carbocycles. The number of hydrogen-bond acceptors (Lipinski definition) is 4. The van der Waals surface area contributed by atoms with Crippen molar-refractivity contribution < 1.29 is 135 Å². The van der Waals surface area contributed by atoms with Crippen molar-refractivity contribution in [2.24, 2.45) is 5.41 Å². The summed E-state index contributed by atoms with van der Waals surface area (Å²) in [6, 6.07) is 0. The second-order valence-electron chi connectivity index (χ2n) is 7.66. The van der Waals surface area contributed by atoms with Gasteiger partial charge in [-0.2, -0.15) is 0 Å². The Bertz CT molecular complexity index is 455. The molecule has 0 aromatic rings. The smallest absolute Gasteiger partial charge is 0.653 e. The Morgan fingerprint density at radius 1 is 0.889 bits per heavy atom. The van der Waals surface area contributed by atoms with Crippen molar-refractivity contribution in [3.05, 3.63) is 10.6 Å². The molecule has 0 unspecified atom stereocenters. The molecular formula is C19H34N2O4Rb2. The molecule has 0 aliphatic rings. The summed E-state index contributed by atoms with van der Waals surface area (Å²) in [6.45, 7) is 12.2. The van der Waals surface area contributed by atoms with E-state index >= 15 is 0 Å². The maximum atomic E-state index is 12.1. The summed E-state index contributed by atoms with van der Waals surface area (Å²) in [6.07, 6.45) is 2.80. The van der Waals surface area contributed by atoms with E-state index in [2.05, 4.69) is 10.6 Å². The van der Waals surface area contributed by atoms with Crippen LogP contribution < -0.4 is 116 Å². The zero-order chi connectivity index (χ0) is 19.5. The Hall–Kier alpha value is 2.18. The molecule has 6 nitrogen and oxygen atoms in total. The Morgan fingerprint density at radius 3 is 2.00 bits per heavy atom. The van der Waals surface area contributed by atoms with Crippen molar-refractivity contribution in [3.8, 4) is 0 Å². The monoisotopic (exact) mass is 524 g/mol. The second-order valence-corrected chi connectivity index (χ2v) is 7.66. The van der Waals surface area contributed by atoms with E-state index in [4.69, 9.17) is 4.74 Å². The fourth-order valence-electron chi connectivity index (χ4n) is 2.03. The minimum absolute atomic E-state index is 0. The number of carbonyl (C=O) groups excluding carboxylic acids is 3. The molecule has 0 aliphatic heterocycles. The van der Waals surface area contributed by atoms with Crippen molar-refractivity contribution in [1.82, 2.24) is 0 Å². The third-order valence-corrected chi connectivity index (χ3v) is 3.98. The van der Waals surface area contributed by atoms with Gasteiger partial charge in [0.1, 0.15) is 5.78 Å². The standard InChI is InChI=1S/C19H36N2O4.2Rb/c1-7-8-16(23)20-13-10-19(5,6)25-14-11-18(3,4)17(24)21-12-9-15(2)22;;/h7-14H2,1-6H3,(H2,20,21,23,24);;/q;2*+1/p-2. The van der Waals surface area contributed by atoms with Gasteiger partial charge in [0.05, 0.1) is 17.4 Å². The van der Waals surface area contributed by atoms with Gasteiger partial charge in [0, 0.05) is 12.0 Å². The summed E-state index contributed by atoms with van der Waals surface area (Å²) >= 11 is 0. The van der Waals surface area contributed by atoms with E-state index < -0.39 is 11.0 Å². The number of ether oxygens (including phenoxy) is 1. The number of Topliss-reactive ketones (excluding diaryl/α,β-unsaturated/α-hetero) is 1. The second kappa shape index (κ2) is 17.8. The first-order valence-electron chi connectivity index (χ1n) is 9.06. The van der Waals surface area contributed by atoms with E-state index in [-0.39, 0.29) is 141 Å². The molecule has 27 heavy (non-hydrogen) atoms. The normalized spacial score (nSPS) is 11.0. The van der Waals surface area contributed by atoms with Crippen molar-refractivity contribution >= 4 is 17.6 Å². The van der Waals surface area contributed by atoms with Gasteiger partial charge in [-0.25, -0.2) is 0 Å². The minimum atomic E-state index is -0.617. The van der Waals surface area contributed by atoms with Crippen LogP contribution in [0.25, 0.3) is 10.6 Å². The minimum Gasteiger partial charge on any atom is -0.653 e. The maximum Gasteiger partial charge on any atom is 1.00 e. The third-order valence-electron chi connectivity index (χ3n) is 3.98. The third kappa shape index (κ3) is 18.7. The molecule has 0 bridgehead atoms. The van der Waals surface area contributed by atoms with Crippen LogP contribution in [0.5, 0.6) is 0 Å². The van der Waals surface area contributed by atoms with Gasteiger partial charge in [0.25, 0.3) is 0 Å². The van der Waals surface area contributed by atoms with Crippen LogP contribution in [-0.2, 0) is 19.1 Å².